The van der Waals surface area contributed by atoms with Crippen LogP contribution in [0.25, 0.3) is 0 Å². The largest absolute Gasteiger partial charge is 3.00 e. The summed E-state index contributed by atoms with van der Waals surface area (Å²) in [7, 11) is 0. The molecule has 40 heteroatoms. The number of nitrogens with one attached hydrogen (secondary N) is 9. The number of rotatable bonds is 24. The average molecular weight is 1830 g/mol. The molecule has 0 amide bonds. The van der Waals surface area contributed by atoms with Crippen LogP contribution in [0.3, 0.4) is 0 Å². The Balaban J connectivity index is -0.000000588. The predicted molar refractivity (Wildman–Crippen MR) is 257 cm³/mol. The van der Waals surface area contributed by atoms with Crippen molar-refractivity contribution in [3.05, 3.63) is 0 Å². The first kappa shape index (κ1) is 92.9. The third-order valence-electron chi connectivity index (χ3n) is 13.8. The van der Waals surface area contributed by atoms with Gasteiger partial charge in [-0.05, 0) is 0 Å². The first-order valence-corrected chi connectivity index (χ1v) is 26.6. The molecule has 36 nitrogen and oxygen atoms in total. The van der Waals surface area contributed by atoms with Gasteiger partial charge in [-0.25, -0.2) is 0 Å². The van der Waals surface area contributed by atoms with Crippen LogP contribution in [0.5, 0.6) is 0 Å². The molecule has 4 radical (unpaired) electrons. The molecule has 0 aromatic heterocycles. The van der Waals surface area contributed by atoms with Crippen LogP contribution in [0, 0.1) is 160 Å². The molecule has 0 aromatic rings. The van der Waals surface area contributed by atoms with Crippen molar-refractivity contribution in [1.29, 1.82) is 0 Å². The van der Waals surface area contributed by atoms with Gasteiger partial charge in [0.2, 0.25) is 0 Å². The smallest absolute Gasteiger partial charge is 0.550 e. The maximum absolute atomic E-state index is 11.5. The Morgan fingerprint density at radius 2 is 0.432 bits per heavy atom. The number of carboxylic acid groups (broad SMARTS) is 12. The van der Waals surface area contributed by atoms with Crippen LogP contribution >= 0.6 is 0 Å². The van der Waals surface area contributed by atoms with Crippen LogP contribution in [-0.2, 0) is 57.5 Å². The van der Waals surface area contributed by atoms with E-state index in [0.717, 1.165) is 14.7 Å². The molecule has 0 spiro atoms. The molecule has 0 aliphatic carbocycles. The molecule has 3 aliphatic rings. The second kappa shape index (κ2) is 50.9. The maximum atomic E-state index is 11.5. The fraction of sp³-hybridized carbons (Fsp3) is 0.750. The fourth-order valence-electron chi connectivity index (χ4n) is 10.4. The van der Waals surface area contributed by atoms with Gasteiger partial charge < -0.3 is 167 Å². The van der Waals surface area contributed by atoms with Gasteiger partial charge in [-0.1, -0.05) is 0 Å². The molecule has 3 saturated heterocycles. The van der Waals surface area contributed by atoms with Crippen molar-refractivity contribution in [3.63, 3.8) is 0 Å². The summed E-state index contributed by atoms with van der Waals surface area (Å²) in [6.45, 7) is 3.09. The van der Waals surface area contributed by atoms with Gasteiger partial charge in [0.1, 0.15) is 0 Å². The van der Waals surface area contributed by atoms with E-state index >= 15 is 0 Å². The van der Waals surface area contributed by atoms with Crippen LogP contribution in [-0.4, -0.2) is 259 Å². The number of hydrogen-bond acceptors (Lipinski definition) is 36. The van der Waals surface area contributed by atoms with Gasteiger partial charge in [-0.3, -0.25) is 14.7 Å². The second-order valence-electron chi connectivity index (χ2n) is 19.7. The summed E-state index contributed by atoms with van der Waals surface area (Å²) in [5.74, 6) is -19.3. The normalized spacial score (nSPS) is 20.8. The van der Waals surface area contributed by atoms with Gasteiger partial charge in [-0.2, -0.15) is 0 Å². The Morgan fingerprint density at radius 3 is 0.591 bits per heavy atom. The summed E-state index contributed by atoms with van der Waals surface area (Å²) >= 11 is 0. The van der Waals surface area contributed by atoms with Crippen molar-refractivity contribution < 1.29 is 279 Å². The van der Waals surface area contributed by atoms with Crippen molar-refractivity contribution in [3.8, 4) is 0 Å². The average Bonchev–Trinajstić information content (AvgIpc) is 3.34. The van der Waals surface area contributed by atoms with Crippen LogP contribution in [0.15, 0.2) is 0 Å². The summed E-state index contributed by atoms with van der Waals surface area (Å²) in [5.41, 5.74) is -5.84. The van der Waals surface area contributed by atoms with Crippen LogP contribution < -0.4 is 109 Å². The maximum Gasteiger partial charge on any atom is 3.00 e. The molecule has 88 heavy (non-hydrogen) atoms. The molecule has 0 saturated carbocycles. The van der Waals surface area contributed by atoms with Crippen LogP contribution in [0.4, 0.5) is 0 Å². The topological polar surface area (TPSA) is 600 Å². The minimum absolute atomic E-state index is 0. The van der Waals surface area contributed by atoms with Gasteiger partial charge in [-0.15, -0.1) is 0 Å². The summed E-state index contributed by atoms with van der Waals surface area (Å²) in [5, 5.41) is 163. The Morgan fingerprint density at radius 1 is 0.261 bits per heavy atom. The van der Waals surface area contributed by atoms with Crippen molar-refractivity contribution >= 4 is 71.6 Å². The van der Waals surface area contributed by atoms with Crippen LogP contribution in [0.2, 0.25) is 0 Å². The van der Waals surface area contributed by atoms with Gasteiger partial charge in [0.15, 0.2) is 0 Å². The van der Waals surface area contributed by atoms with E-state index in [-0.39, 0.29) is 219 Å². The quantitative estimate of drug-likeness (QED) is 0.0433. The predicted octanol–water partition coefficient (Wildman–Crippen LogP) is -23.0. The van der Waals surface area contributed by atoms with Gasteiger partial charge >= 0.3 is 160 Å². The Kier molecular flexibility index (Phi) is 53.7. The zero-order valence-corrected chi connectivity index (χ0v) is 56.6. The van der Waals surface area contributed by atoms with Crippen LogP contribution in [0.1, 0.15) is 57.8 Å². The van der Waals surface area contributed by atoms with Crippen molar-refractivity contribution in [2.24, 2.45) is 0 Å². The van der Waals surface area contributed by atoms with Crippen molar-refractivity contribution in [1.82, 2.24) is 62.6 Å². The van der Waals surface area contributed by atoms with E-state index in [4.69, 9.17) is 0 Å². The molecule has 9 N–H and O–H groups in total. The third-order valence-corrected chi connectivity index (χ3v) is 13.8. The zero-order chi connectivity index (χ0) is 63.5. The molecule has 3 atom stereocenters. The van der Waals surface area contributed by atoms with Gasteiger partial charge in [0.05, 0.1) is 17.9 Å². The number of carbonyl (C=O) groups is 12. The Bertz CT molecular complexity index is 1830. The van der Waals surface area contributed by atoms with Gasteiger partial charge in [0.25, 0.3) is 0 Å². The molecule has 3 aliphatic heterocycles. The monoisotopic (exact) mass is 1830 g/mol. The Labute approximate surface area is 634 Å². The minimum Gasteiger partial charge on any atom is -0.550 e. The minimum atomic E-state index is -1.95. The van der Waals surface area contributed by atoms with E-state index in [1.54, 1.807) is 0 Å². The van der Waals surface area contributed by atoms with E-state index < -0.39 is 184 Å². The zero-order valence-electron chi connectivity index (χ0n) is 47.5. The Hall–Kier alpha value is -1.54. The molecule has 0 aromatic carbocycles. The molecular weight excluding hydrogens is 1760 g/mol. The number of nitrogens with zero attached hydrogens (tertiary/aromatic N) is 3. The van der Waals surface area contributed by atoms with Crippen molar-refractivity contribution in [2.45, 2.75) is 92.5 Å². The first-order valence-electron chi connectivity index (χ1n) is 26.6. The van der Waals surface area contributed by atoms with E-state index in [1.165, 1.54) is 0 Å². The molecule has 3 heterocycles. The number of hydrogen-bond donors (Lipinski definition) is 9. The van der Waals surface area contributed by atoms with Gasteiger partial charge in [0, 0.05) is 284 Å². The third kappa shape index (κ3) is 38.0. The second-order valence-corrected chi connectivity index (χ2v) is 19.7. The van der Waals surface area contributed by atoms with E-state index in [1.807, 2.05) is 0 Å². The SMILES string of the molecule is O=C([O-])CC1NCCNCCNCCN(CC(=O)[O-])C1(CC(=O)[O-])CC(=O)[O-].O=C([O-])CC1NCCNCCNCCN(CC(=O)[O-])C1(CC(=O)[O-])CC(=O)[O-].O=C([O-])CC1NCCNCCNCCN(CC(=O)[O-])C1(CC(=O)[O-])CC(=O)[O-].[Gd+3].[Gd+3].[Gd+3].[Gd+3]. The summed E-state index contributed by atoms with van der Waals surface area (Å²) in [6.07, 6.45) is -7.76. The number of carbonyl (C=O) groups excluding carboxylic acids is 12. The molecular formula is C48H72Gd4N12O24. The molecule has 500 valence electrons. The number of aliphatic carboxylic acids is 12. The molecule has 0 bridgehead atoms. The number of carboxylic acids is 12. The first-order chi connectivity index (χ1) is 39.5. The van der Waals surface area contributed by atoms with E-state index in [0.29, 0.717) is 58.9 Å². The molecule has 3 unspecified atom stereocenters. The summed E-state index contributed by atoms with van der Waals surface area (Å²) in [6, 6.07) is -3.77. The van der Waals surface area contributed by atoms with E-state index in [9.17, 15) is 119 Å². The summed E-state index contributed by atoms with van der Waals surface area (Å²) in [4.78, 5) is 140. The summed E-state index contributed by atoms with van der Waals surface area (Å²) < 4.78 is 0. The standard InChI is InChI=1S/3C16H28N4O8.4Gd/c3*21-12(22)7-11-16(8-13(23)24,9-14(25)26)20(10-15(27)28)6-5-18-2-1-17-3-4-19-11;;;;/h3*11,17-19H,1-10H2,(H,21,22)(H,23,24)(H,25,26)(H,27,28);;;;/q;;;4*+3/p-12. The molecule has 3 fully saturated rings. The fourth-order valence-corrected chi connectivity index (χ4v) is 10.4. The molecule has 3 rings (SSSR count). The van der Waals surface area contributed by atoms with Crippen molar-refractivity contribution in [2.75, 3.05) is 137 Å². The van der Waals surface area contributed by atoms with E-state index in [2.05, 4.69) is 47.9 Å².